The minimum Gasteiger partial charge on any atom is -0.333 e. The van der Waals surface area contributed by atoms with Crippen LogP contribution in [-0.4, -0.2) is 22.6 Å². The zero-order valence-electron chi connectivity index (χ0n) is 14.7. The topological polar surface area (TPSA) is 20.2 Å². The fourth-order valence-electron chi connectivity index (χ4n) is 3.34. The lowest BCUT2D eigenvalue weighted by Gasteiger charge is -2.29. The third kappa shape index (κ3) is 5.44. The van der Waals surface area contributed by atoms with Crippen LogP contribution in [0.5, 0.6) is 0 Å². The van der Waals surface area contributed by atoms with Crippen LogP contribution in [0, 0.1) is 0 Å². The van der Waals surface area contributed by atoms with Crippen LogP contribution in [0.15, 0.2) is 12.1 Å². The van der Waals surface area contributed by atoms with Crippen LogP contribution in [0.2, 0.25) is 0 Å². The summed E-state index contributed by atoms with van der Waals surface area (Å²) in [6, 6.07) is 4.64. The van der Waals surface area contributed by atoms with Gasteiger partial charge in [-0.1, -0.05) is 52.4 Å². The molecule has 1 aliphatic heterocycles. The van der Waals surface area contributed by atoms with Gasteiger partial charge in [-0.15, -0.1) is 0 Å². The van der Waals surface area contributed by atoms with Crippen molar-refractivity contribution in [2.75, 3.05) is 13.1 Å². The molecule has 0 atom stereocenters. The Balaban J connectivity index is 1.67. The van der Waals surface area contributed by atoms with E-state index in [4.69, 9.17) is 0 Å². The zero-order valence-corrected chi connectivity index (χ0v) is 14.7. The lowest BCUT2D eigenvalue weighted by Crippen LogP contribution is -2.33. The Morgan fingerprint density at radius 2 is 1.50 bits per heavy atom. The van der Waals surface area contributed by atoms with Gasteiger partial charge in [-0.3, -0.25) is 10.2 Å². The summed E-state index contributed by atoms with van der Waals surface area (Å²) < 4.78 is 2.49. The van der Waals surface area contributed by atoms with Crippen LogP contribution in [0.4, 0.5) is 0 Å². The molecule has 1 aliphatic rings. The van der Waals surface area contributed by atoms with Gasteiger partial charge in [0.15, 0.2) is 0 Å². The predicted molar refractivity (Wildman–Crippen MR) is 94.8 cm³/mol. The van der Waals surface area contributed by atoms with Gasteiger partial charge in [-0.2, -0.15) is 0 Å². The minimum absolute atomic E-state index is 0.994. The van der Waals surface area contributed by atoms with Gasteiger partial charge >= 0.3 is 0 Å². The summed E-state index contributed by atoms with van der Waals surface area (Å²) in [5.74, 6) is 0. The highest BCUT2D eigenvalue weighted by atomic mass is 15.2. The number of hydrogen-bond donors (Lipinski definition) is 1. The highest BCUT2D eigenvalue weighted by Crippen LogP contribution is 2.21. The normalized spacial score (nSPS) is 14.6. The molecule has 0 aliphatic carbocycles. The number of fused-ring (bicyclic) bond motifs is 2. The van der Waals surface area contributed by atoms with E-state index in [1.807, 2.05) is 0 Å². The smallest absolute Gasteiger partial charge is 0.0726 e. The summed E-state index contributed by atoms with van der Waals surface area (Å²) in [4.78, 5) is 2.61. The summed E-state index contributed by atoms with van der Waals surface area (Å²) in [5.41, 5.74) is 2.97. The van der Waals surface area contributed by atoms with Crippen LogP contribution in [0.3, 0.4) is 0 Å². The molecule has 3 heteroatoms. The molecule has 2 rings (SSSR count). The summed E-state index contributed by atoms with van der Waals surface area (Å²) >= 11 is 0. The maximum Gasteiger partial charge on any atom is 0.0726 e. The molecule has 0 unspecified atom stereocenters. The Labute approximate surface area is 137 Å². The Kier molecular flexibility index (Phi) is 8.03. The van der Waals surface area contributed by atoms with Gasteiger partial charge in [-0.25, -0.2) is 0 Å². The molecule has 2 heterocycles. The van der Waals surface area contributed by atoms with E-state index in [1.165, 1.54) is 69.3 Å². The monoisotopic (exact) mass is 305 g/mol. The summed E-state index contributed by atoms with van der Waals surface area (Å²) in [7, 11) is 0. The van der Waals surface area contributed by atoms with E-state index in [1.54, 1.807) is 0 Å². The van der Waals surface area contributed by atoms with Gasteiger partial charge in [0.2, 0.25) is 0 Å². The number of aromatic nitrogens is 1. The molecule has 126 valence electrons. The van der Waals surface area contributed by atoms with Gasteiger partial charge in [0, 0.05) is 24.5 Å². The maximum absolute atomic E-state index is 3.62. The van der Waals surface area contributed by atoms with Crippen LogP contribution in [0.25, 0.3) is 0 Å². The van der Waals surface area contributed by atoms with Crippen molar-refractivity contribution >= 4 is 0 Å². The van der Waals surface area contributed by atoms with Crippen LogP contribution in [-0.2, 0) is 19.8 Å². The van der Waals surface area contributed by atoms with Gasteiger partial charge in [0.05, 0.1) is 6.67 Å². The van der Waals surface area contributed by atoms with Crippen LogP contribution >= 0.6 is 0 Å². The number of unbranched alkanes of at least 4 members (excludes halogenated alkanes) is 6. The second kappa shape index (κ2) is 10.1. The van der Waals surface area contributed by atoms with Crippen molar-refractivity contribution in [1.82, 2.24) is 14.8 Å². The summed E-state index contributed by atoms with van der Waals surface area (Å²) in [6.45, 7) is 10.2. The first-order valence-corrected chi connectivity index (χ1v) is 9.45. The third-order valence-corrected chi connectivity index (χ3v) is 4.74. The number of nitrogens with one attached hydrogen (secondary N) is 1. The van der Waals surface area contributed by atoms with E-state index in [0.717, 1.165) is 26.3 Å². The molecule has 0 saturated heterocycles. The van der Waals surface area contributed by atoms with Crippen molar-refractivity contribution < 1.29 is 0 Å². The molecule has 0 spiro atoms. The van der Waals surface area contributed by atoms with E-state index in [0.29, 0.717) is 0 Å². The van der Waals surface area contributed by atoms with Crippen molar-refractivity contribution in [3.05, 3.63) is 23.5 Å². The van der Waals surface area contributed by atoms with E-state index >= 15 is 0 Å². The Morgan fingerprint density at radius 1 is 0.864 bits per heavy atom. The van der Waals surface area contributed by atoms with Crippen LogP contribution < -0.4 is 5.32 Å². The second-order valence-electron chi connectivity index (χ2n) is 6.73. The first-order chi connectivity index (χ1) is 10.8. The Morgan fingerprint density at radius 3 is 2.14 bits per heavy atom. The number of rotatable bonds is 12. The van der Waals surface area contributed by atoms with Crippen LogP contribution in [0.1, 0.15) is 76.6 Å². The standard InChI is InChI=1S/C19H35N3/c1-3-5-7-9-13-20-17-22-18-11-12-19(22)16-21(15-18)14-10-8-6-4-2/h11-12,20H,3-10,13-17H2,1-2H3. The quantitative estimate of drug-likeness (QED) is 0.573. The average molecular weight is 306 g/mol. The molecular formula is C19H35N3. The first kappa shape index (κ1) is 17.6. The molecular weight excluding hydrogens is 270 g/mol. The molecule has 0 fully saturated rings. The summed E-state index contributed by atoms with van der Waals surface area (Å²) in [6.07, 6.45) is 10.8. The Bertz CT molecular complexity index is 387. The molecule has 0 radical (unpaired) electrons. The fraction of sp³-hybridized carbons (Fsp3) is 0.789. The lowest BCUT2D eigenvalue weighted by molar-refractivity contribution is 0.218. The summed E-state index contributed by atoms with van der Waals surface area (Å²) in [5, 5.41) is 3.62. The molecule has 1 N–H and O–H groups in total. The van der Waals surface area contributed by atoms with Gasteiger partial charge < -0.3 is 4.57 Å². The van der Waals surface area contributed by atoms with Gasteiger partial charge in [-0.05, 0) is 38.1 Å². The van der Waals surface area contributed by atoms with Crippen molar-refractivity contribution in [3.63, 3.8) is 0 Å². The molecule has 1 aromatic rings. The fourth-order valence-corrected chi connectivity index (χ4v) is 3.34. The predicted octanol–water partition coefficient (Wildman–Crippen LogP) is 4.51. The molecule has 3 nitrogen and oxygen atoms in total. The SMILES string of the molecule is CCCCCCNCn1c2ccc1CN(CCCCCC)C2. The number of nitrogens with zero attached hydrogens (tertiary/aromatic N) is 2. The van der Waals surface area contributed by atoms with Crippen molar-refractivity contribution in [3.8, 4) is 0 Å². The molecule has 2 bridgehead atoms. The van der Waals surface area contributed by atoms with E-state index in [9.17, 15) is 0 Å². The van der Waals surface area contributed by atoms with Crippen molar-refractivity contribution in [2.45, 2.75) is 85.0 Å². The van der Waals surface area contributed by atoms with Gasteiger partial charge in [0.1, 0.15) is 0 Å². The molecule has 0 aromatic carbocycles. The maximum atomic E-state index is 3.62. The van der Waals surface area contributed by atoms with E-state index in [-0.39, 0.29) is 0 Å². The first-order valence-electron chi connectivity index (χ1n) is 9.45. The van der Waals surface area contributed by atoms with E-state index < -0.39 is 0 Å². The van der Waals surface area contributed by atoms with Crippen molar-refractivity contribution in [1.29, 1.82) is 0 Å². The highest BCUT2D eigenvalue weighted by molar-refractivity contribution is 5.19. The molecule has 0 amide bonds. The molecule has 22 heavy (non-hydrogen) atoms. The van der Waals surface area contributed by atoms with E-state index in [2.05, 4.69) is 40.8 Å². The second-order valence-corrected chi connectivity index (χ2v) is 6.73. The highest BCUT2D eigenvalue weighted by Gasteiger charge is 2.19. The molecule has 0 saturated carbocycles. The Hall–Kier alpha value is -0.800. The molecule has 1 aromatic heterocycles. The third-order valence-electron chi connectivity index (χ3n) is 4.74. The number of hydrogen-bond acceptors (Lipinski definition) is 2. The lowest BCUT2D eigenvalue weighted by atomic mass is 10.2. The largest absolute Gasteiger partial charge is 0.333 e. The van der Waals surface area contributed by atoms with Gasteiger partial charge in [0.25, 0.3) is 0 Å². The zero-order chi connectivity index (χ0) is 15.6. The van der Waals surface area contributed by atoms with Crippen molar-refractivity contribution in [2.24, 2.45) is 0 Å². The average Bonchev–Trinajstić information content (AvgIpc) is 2.77. The minimum atomic E-state index is 0.994.